The molecule has 0 aromatic rings. The van der Waals surface area contributed by atoms with E-state index in [1.165, 1.54) is 0 Å². The van der Waals surface area contributed by atoms with Crippen LogP contribution in [-0.2, 0) is 4.74 Å². The van der Waals surface area contributed by atoms with E-state index in [4.69, 9.17) is 10.6 Å². The Bertz CT molecular complexity index is 217. The molecule has 12 heavy (non-hydrogen) atoms. The van der Waals surface area contributed by atoms with Crippen LogP contribution in [0.25, 0.3) is 10.4 Å². The first-order valence-electron chi connectivity index (χ1n) is 3.21. The van der Waals surface area contributed by atoms with Gasteiger partial charge in [0.1, 0.15) is 18.8 Å². The van der Waals surface area contributed by atoms with Crippen LogP contribution in [0.2, 0.25) is 0 Å². The van der Waals surface area contributed by atoms with Crippen LogP contribution in [0, 0.1) is 6.61 Å². The van der Waals surface area contributed by atoms with E-state index < -0.39 is 24.5 Å². The van der Waals surface area contributed by atoms with Crippen molar-refractivity contribution in [3.63, 3.8) is 0 Å². The van der Waals surface area contributed by atoms with Crippen LogP contribution in [0.15, 0.2) is 5.11 Å². The summed E-state index contributed by atoms with van der Waals surface area (Å²) >= 11 is 0. The Morgan fingerprint density at radius 2 is 2.42 bits per heavy atom. The summed E-state index contributed by atoms with van der Waals surface area (Å²) in [4.78, 5) is 2.33. The van der Waals surface area contributed by atoms with Gasteiger partial charge >= 0.3 is 0 Å². The molecule has 1 aliphatic heterocycles. The fourth-order valence-corrected chi connectivity index (χ4v) is 0.903. The summed E-state index contributed by atoms with van der Waals surface area (Å²) in [5.74, 6) is 0. The average molecular weight is 174 g/mol. The van der Waals surface area contributed by atoms with Crippen LogP contribution < -0.4 is 0 Å². The number of hydrogen-bond donors (Lipinski definition) is 3. The van der Waals surface area contributed by atoms with Crippen LogP contribution in [0.1, 0.15) is 0 Å². The summed E-state index contributed by atoms with van der Waals surface area (Å²) in [6, 6.07) is 0. The van der Waals surface area contributed by atoms with Gasteiger partial charge in [-0.25, -0.2) is 0 Å². The lowest BCUT2D eigenvalue weighted by atomic mass is 10.1. The highest BCUT2D eigenvalue weighted by atomic mass is 16.5. The predicted octanol–water partition coefficient (Wildman–Crippen LogP) is -1.10. The topological polar surface area (TPSA) is 119 Å². The highest BCUT2D eigenvalue weighted by Gasteiger charge is 2.47. The molecular weight excluding hydrogens is 166 g/mol. The molecule has 0 bridgehead atoms. The third-order valence-corrected chi connectivity index (χ3v) is 1.59. The Balaban J connectivity index is 2.76. The molecule has 1 heterocycles. The van der Waals surface area contributed by atoms with Crippen LogP contribution in [0.3, 0.4) is 0 Å². The average Bonchev–Trinajstić information content (AvgIpc) is 2.30. The number of nitrogens with zero attached hydrogens (tertiary/aromatic N) is 3. The second-order valence-corrected chi connectivity index (χ2v) is 2.39. The van der Waals surface area contributed by atoms with Gasteiger partial charge in [-0.05, 0) is 5.53 Å². The molecule has 0 amide bonds. The lowest BCUT2D eigenvalue weighted by Gasteiger charge is -2.18. The maximum absolute atomic E-state index is 9.30. The van der Waals surface area contributed by atoms with Crippen LogP contribution in [0.4, 0.5) is 0 Å². The Morgan fingerprint density at radius 1 is 1.75 bits per heavy atom. The minimum atomic E-state index is -2.07. The molecule has 1 saturated heterocycles. The van der Waals surface area contributed by atoms with Crippen molar-refractivity contribution in [3.05, 3.63) is 17.0 Å². The largest absolute Gasteiger partial charge is 0.394 e. The molecule has 67 valence electrons. The van der Waals surface area contributed by atoms with Gasteiger partial charge in [0.05, 0.1) is 6.61 Å². The van der Waals surface area contributed by atoms with Gasteiger partial charge in [0, 0.05) is 4.91 Å². The fraction of sp³-hybridized carbons (Fsp3) is 0.800. The van der Waals surface area contributed by atoms with E-state index in [1.807, 2.05) is 0 Å². The van der Waals surface area contributed by atoms with Crippen molar-refractivity contribution < 1.29 is 20.1 Å². The summed E-state index contributed by atoms with van der Waals surface area (Å²) in [5, 5.41) is 30.0. The summed E-state index contributed by atoms with van der Waals surface area (Å²) in [7, 11) is 0. The van der Waals surface area contributed by atoms with Crippen molar-refractivity contribution in [3.8, 4) is 0 Å². The maximum Gasteiger partial charge on any atom is 0.201 e. The Hall–Kier alpha value is -0.850. The third kappa shape index (κ3) is 1.36. The highest BCUT2D eigenvalue weighted by Crippen LogP contribution is 2.29. The SMILES string of the molecule is [N-]=[N+]=N[C@]1(O)[CH]O[C@H](CO)[C@H]1O. The molecule has 1 aliphatic rings. The van der Waals surface area contributed by atoms with Crippen molar-refractivity contribution in [2.24, 2.45) is 5.11 Å². The summed E-state index contributed by atoms with van der Waals surface area (Å²) in [6.45, 7) is 0.346. The fourth-order valence-electron chi connectivity index (χ4n) is 0.903. The standard InChI is InChI=1S/C5H8N3O4/c6-8-7-5(11)2-12-3(1-9)4(5)10/h2-4,9-11H,1H2/t3-,4-,5+/m1/s1. The normalized spacial score (nSPS) is 40.9. The molecule has 7 nitrogen and oxygen atoms in total. The third-order valence-electron chi connectivity index (χ3n) is 1.59. The van der Waals surface area contributed by atoms with Crippen LogP contribution in [0.5, 0.6) is 0 Å². The molecule has 1 radical (unpaired) electrons. The molecule has 0 aromatic carbocycles. The van der Waals surface area contributed by atoms with Gasteiger partial charge in [-0.15, -0.1) is 0 Å². The number of aliphatic hydroxyl groups excluding tert-OH is 2. The number of azide groups is 1. The number of hydrogen-bond acceptors (Lipinski definition) is 5. The maximum atomic E-state index is 9.30. The Labute approximate surface area is 67.8 Å². The molecule has 0 aliphatic carbocycles. The summed E-state index contributed by atoms with van der Waals surface area (Å²) < 4.78 is 4.64. The van der Waals surface area contributed by atoms with Gasteiger partial charge in [0.15, 0.2) is 0 Å². The van der Waals surface area contributed by atoms with Gasteiger partial charge in [0.25, 0.3) is 0 Å². The molecule has 0 spiro atoms. The number of ether oxygens (including phenoxy) is 1. The van der Waals surface area contributed by atoms with Crippen molar-refractivity contribution in [1.82, 2.24) is 0 Å². The lowest BCUT2D eigenvalue weighted by molar-refractivity contribution is -0.0467. The van der Waals surface area contributed by atoms with E-state index in [9.17, 15) is 10.2 Å². The first kappa shape index (κ1) is 9.24. The molecule has 3 atom stereocenters. The molecule has 0 unspecified atom stereocenters. The molecular formula is C5H8N3O4. The van der Waals surface area contributed by atoms with E-state index in [2.05, 4.69) is 14.8 Å². The van der Waals surface area contributed by atoms with Crippen LogP contribution in [-0.4, -0.2) is 39.9 Å². The zero-order valence-corrected chi connectivity index (χ0v) is 6.03. The van der Waals surface area contributed by atoms with Gasteiger partial charge < -0.3 is 20.1 Å². The first-order chi connectivity index (χ1) is 5.64. The Morgan fingerprint density at radius 3 is 2.83 bits per heavy atom. The van der Waals surface area contributed by atoms with E-state index in [0.717, 1.165) is 6.61 Å². The first-order valence-corrected chi connectivity index (χ1v) is 3.21. The second kappa shape index (κ2) is 3.26. The zero-order valence-electron chi connectivity index (χ0n) is 6.03. The molecule has 7 heteroatoms. The number of rotatable bonds is 2. The van der Waals surface area contributed by atoms with Crippen molar-refractivity contribution in [2.75, 3.05) is 6.61 Å². The monoisotopic (exact) mass is 174 g/mol. The van der Waals surface area contributed by atoms with Crippen molar-refractivity contribution in [1.29, 1.82) is 0 Å². The van der Waals surface area contributed by atoms with Gasteiger partial charge in [-0.3, -0.25) is 0 Å². The van der Waals surface area contributed by atoms with E-state index in [1.54, 1.807) is 0 Å². The summed E-state index contributed by atoms with van der Waals surface area (Å²) in [5.41, 5.74) is 5.95. The van der Waals surface area contributed by atoms with Crippen molar-refractivity contribution in [2.45, 2.75) is 17.9 Å². The zero-order chi connectivity index (χ0) is 9.19. The van der Waals surface area contributed by atoms with Gasteiger partial charge in [-0.2, -0.15) is 0 Å². The smallest absolute Gasteiger partial charge is 0.201 e. The van der Waals surface area contributed by atoms with E-state index in [0.29, 0.717) is 0 Å². The molecule has 1 rings (SSSR count). The number of aliphatic hydroxyl groups is 3. The summed E-state index contributed by atoms with van der Waals surface area (Å²) in [6.07, 6.45) is -2.38. The van der Waals surface area contributed by atoms with E-state index >= 15 is 0 Å². The van der Waals surface area contributed by atoms with Gasteiger partial charge in [0.2, 0.25) is 5.72 Å². The predicted molar refractivity (Wildman–Crippen MR) is 36.4 cm³/mol. The lowest BCUT2D eigenvalue weighted by Crippen LogP contribution is -2.41. The minimum absolute atomic E-state index is 0.457. The quantitative estimate of drug-likeness (QED) is 0.279. The highest BCUT2D eigenvalue weighted by molar-refractivity contribution is 5.01. The molecule has 1 fully saturated rings. The second-order valence-electron chi connectivity index (χ2n) is 2.39. The molecule has 0 saturated carbocycles. The Kier molecular flexibility index (Phi) is 2.51. The van der Waals surface area contributed by atoms with Crippen molar-refractivity contribution >= 4 is 0 Å². The van der Waals surface area contributed by atoms with E-state index in [-0.39, 0.29) is 0 Å². The molecule has 0 aromatic heterocycles. The minimum Gasteiger partial charge on any atom is -0.394 e. The van der Waals surface area contributed by atoms with Crippen LogP contribution >= 0.6 is 0 Å². The van der Waals surface area contributed by atoms with Gasteiger partial charge in [-0.1, -0.05) is 5.11 Å². The molecule has 3 N–H and O–H groups in total.